The highest BCUT2D eigenvalue weighted by Crippen LogP contribution is 2.34. The van der Waals surface area contributed by atoms with Crippen molar-refractivity contribution in [2.75, 3.05) is 25.1 Å². The normalized spacial score (nSPS) is 15.1. The Morgan fingerprint density at radius 2 is 2.05 bits per heavy atom. The highest BCUT2D eigenvalue weighted by molar-refractivity contribution is 6.32. The van der Waals surface area contributed by atoms with Crippen molar-refractivity contribution in [3.05, 3.63) is 72.0 Å². The van der Waals surface area contributed by atoms with Gasteiger partial charge in [0.05, 0.1) is 33.9 Å². The predicted molar refractivity (Wildman–Crippen MR) is 138 cm³/mol. The second kappa shape index (κ2) is 11.4. The molecule has 2 N–H and O–H groups in total. The lowest BCUT2D eigenvalue weighted by atomic mass is 10.2. The third-order valence-electron chi connectivity index (χ3n) is 6.08. The Morgan fingerprint density at radius 1 is 1.14 bits per heavy atom. The van der Waals surface area contributed by atoms with Crippen molar-refractivity contribution in [1.82, 2.24) is 24.8 Å². The van der Waals surface area contributed by atoms with E-state index in [4.69, 9.17) is 21.1 Å². The molecule has 1 fully saturated rings. The van der Waals surface area contributed by atoms with Gasteiger partial charge in [0.2, 0.25) is 5.91 Å². The van der Waals surface area contributed by atoms with E-state index in [0.717, 1.165) is 12.8 Å². The van der Waals surface area contributed by atoms with E-state index in [0.29, 0.717) is 57.8 Å². The zero-order valence-corrected chi connectivity index (χ0v) is 20.6. The number of hydrogen-bond donors (Lipinski definition) is 2. The molecule has 0 spiro atoms. The lowest BCUT2D eigenvalue weighted by molar-refractivity contribution is -0.135. The monoisotopic (exact) mass is 520 g/mol. The topological polar surface area (TPSA) is 123 Å². The second-order valence-electron chi connectivity index (χ2n) is 8.48. The summed E-state index contributed by atoms with van der Waals surface area (Å²) in [5, 5.41) is 13.7. The molecule has 0 unspecified atom stereocenters. The van der Waals surface area contributed by atoms with Crippen LogP contribution in [0, 0.1) is 0 Å². The lowest BCUT2D eigenvalue weighted by Gasteiger charge is -2.24. The molecule has 190 valence electrons. The first-order valence-corrected chi connectivity index (χ1v) is 12.2. The van der Waals surface area contributed by atoms with Crippen molar-refractivity contribution >= 4 is 39.9 Å². The molecular weight excluding hydrogens is 496 g/mol. The molecule has 1 atom stereocenters. The number of nitrogens with zero attached hydrogens (tertiary/aromatic N) is 5. The van der Waals surface area contributed by atoms with E-state index in [-0.39, 0.29) is 18.6 Å². The number of anilines is 2. The Labute approximate surface area is 218 Å². The number of fused-ring (bicyclic) bond motifs is 1. The molecule has 2 aromatic carbocycles. The van der Waals surface area contributed by atoms with E-state index < -0.39 is 6.61 Å². The molecule has 4 aromatic rings. The summed E-state index contributed by atoms with van der Waals surface area (Å²) in [4.78, 5) is 30.7. The molecule has 0 aliphatic carbocycles. The molecule has 0 radical (unpaired) electrons. The largest absolute Gasteiger partial charge is 0.491 e. The van der Waals surface area contributed by atoms with E-state index in [1.807, 2.05) is 24.3 Å². The van der Waals surface area contributed by atoms with E-state index in [1.54, 1.807) is 35.6 Å². The highest BCUT2D eigenvalue weighted by Gasteiger charge is 2.29. The Balaban J connectivity index is 1.33. The zero-order chi connectivity index (χ0) is 25.6. The van der Waals surface area contributed by atoms with Crippen LogP contribution in [0.15, 0.2) is 61.3 Å². The van der Waals surface area contributed by atoms with Crippen LogP contribution < -0.4 is 14.8 Å². The number of ether oxygens (including phenoxy) is 2. The van der Waals surface area contributed by atoms with E-state index in [1.165, 1.54) is 6.33 Å². The number of aliphatic hydroxyl groups excluding tert-OH is 1. The van der Waals surface area contributed by atoms with Gasteiger partial charge in [-0.3, -0.25) is 14.8 Å². The van der Waals surface area contributed by atoms with Gasteiger partial charge in [-0.25, -0.2) is 9.97 Å². The first kappa shape index (κ1) is 24.7. The maximum Gasteiger partial charge on any atom is 0.248 e. The van der Waals surface area contributed by atoms with E-state index in [2.05, 4.69) is 25.3 Å². The van der Waals surface area contributed by atoms with Crippen LogP contribution in [0.4, 0.5) is 11.5 Å². The number of hydrogen-bond acceptors (Lipinski definition) is 9. The van der Waals surface area contributed by atoms with Crippen LogP contribution >= 0.6 is 11.6 Å². The molecule has 0 bridgehead atoms. The van der Waals surface area contributed by atoms with Crippen molar-refractivity contribution in [2.24, 2.45) is 0 Å². The summed E-state index contributed by atoms with van der Waals surface area (Å²) in [6.45, 7) is 0.681. The van der Waals surface area contributed by atoms with Crippen LogP contribution in [0.5, 0.6) is 11.5 Å². The van der Waals surface area contributed by atoms with Crippen molar-refractivity contribution in [3.63, 3.8) is 0 Å². The van der Waals surface area contributed by atoms with Crippen molar-refractivity contribution in [3.8, 4) is 11.5 Å². The Kier molecular flexibility index (Phi) is 7.57. The van der Waals surface area contributed by atoms with Crippen LogP contribution in [0.1, 0.15) is 18.5 Å². The molecule has 1 aliphatic rings. The smallest absolute Gasteiger partial charge is 0.248 e. The summed E-state index contributed by atoms with van der Waals surface area (Å²) < 4.78 is 12.0. The van der Waals surface area contributed by atoms with E-state index >= 15 is 0 Å². The number of carbonyl (C=O) groups is 1. The molecule has 3 heterocycles. The molecule has 37 heavy (non-hydrogen) atoms. The van der Waals surface area contributed by atoms with E-state index in [9.17, 15) is 9.90 Å². The Bertz CT molecular complexity index is 1390. The van der Waals surface area contributed by atoms with Gasteiger partial charge in [-0.15, -0.1) is 0 Å². The fourth-order valence-corrected chi connectivity index (χ4v) is 4.53. The number of nitrogens with one attached hydrogen (secondary N) is 1. The number of aromatic nitrogens is 4. The quantitative estimate of drug-likeness (QED) is 0.339. The fraction of sp³-hybridized carbons (Fsp3) is 0.269. The van der Waals surface area contributed by atoms with Crippen LogP contribution in [-0.4, -0.2) is 61.6 Å². The average Bonchev–Trinajstić information content (AvgIpc) is 3.40. The first-order valence-electron chi connectivity index (χ1n) is 11.8. The molecular formula is C26H25ClN6O4. The van der Waals surface area contributed by atoms with Gasteiger partial charge in [0.15, 0.2) is 0 Å². The summed E-state index contributed by atoms with van der Waals surface area (Å²) in [5.41, 5.74) is 2.11. The van der Waals surface area contributed by atoms with Gasteiger partial charge in [-0.2, -0.15) is 0 Å². The second-order valence-corrected chi connectivity index (χ2v) is 8.89. The van der Waals surface area contributed by atoms with Gasteiger partial charge in [-0.1, -0.05) is 17.7 Å². The third kappa shape index (κ3) is 5.71. The zero-order valence-electron chi connectivity index (χ0n) is 19.9. The molecule has 1 amide bonds. The highest BCUT2D eigenvalue weighted by atomic mass is 35.5. The van der Waals surface area contributed by atoms with Crippen LogP contribution in [0.2, 0.25) is 5.02 Å². The third-order valence-corrected chi connectivity index (χ3v) is 6.37. The molecule has 1 saturated heterocycles. The van der Waals surface area contributed by atoms with Gasteiger partial charge < -0.3 is 24.8 Å². The molecule has 11 heteroatoms. The molecule has 1 aliphatic heterocycles. The van der Waals surface area contributed by atoms with Crippen molar-refractivity contribution in [1.29, 1.82) is 0 Å². The number of halogens is 1. The standard InChI is InChI=1S/C26H25ClN6O4/c27-20-11-17(6-7-22(20)36-14-18-12-28-8-9-29-18)32-26-25-21(30-16-31-26)4-1-5-23(25)37-15-19-3-2-10-33(19)24(35)13-34/h1,4-9,11-12,16,19,34H,2-3,10,13-15H2,(H,30,31,32)/t19-/m0/s1. The predicted octanol–water partition coefficient (Wildman–Crippen LogP) is 3.76. The maximum absolute atomic E-state index is 12.0. The summed E-state index contributed by atoms with van der Waals surface area (Å²) in [6, 6.07) is 10.9. The summed E-state index contributed by atoms with van der Waals surface area (Å²) in [5.74, 6) is 1.39. The number of carbonyl (C=O) groups excluding carboxylic acids is 1. The lowest BCUT2D eigenvalue weighted by Crippen LogP contribution is -2.40. The summed E-state index contributed by atoms with van der Waals surface area (Å²) >= 11 is 6.48. The number of rotatable bonds is 9. The average molecular weight is 521 g/mol. The SMILES string of the molecule is O=C(CO)N1CCC[C@H]1COc1cccc2ncnc(Nc3ccc(OCc4cnccn4)c(Cl)c3)c12. The number of likely N-dealkylation sites (tertiary alicyclic amines) is 1. The van der Waals surface area contributed by atoms with Crippen LogP contribution in [-0.2, 0) is 11.4 Å². The molecule has 10 nitrogen and oxygen atoms in total. The fourth-order valence-electron chi connectivity index (χ4n) is 4.30. The van der Waals surface area contributed by atoms with Gasteiger partial charge in [0.1, 0.15) is 43.5 Å². The van der Waals surface area contributed by atoms with Gasteiger partial charge in [-0.05, 0) is 43.2 Å². The number of aliphatic hydroxyl groups is 1. The summed E-state index contributed by atoms with van der Waals surface area (Å²) in [7, 11) is 0. The van der Waals surface area contributed by atoms with Gasteiger partial charge in [0, 0.05) is 24.6 Å². The van der Waals surface area contributed by atoms with Crippen molar-refractivity contribution < 1.29 is 19.4 Å². The minimum Gasteiger partial charge on any atom is -0.491 e. The molecule has 5 rings (SSSR count). The van der Waals surface area contributed by atoms with Crippen LogP contribution in [0.3, 0.4) is 0 Å². The Morgan fingerprint density at radius 3 is 2.86 bits per heavy atom. The first-order chi connectivity index (χ1) is 18.1. The summed E-state index contributed by atoms with van der Waals surface area (Å²) in [6.07, 6.45) is 8.03. The minimum absolute atomic E-state index is 0.0934. The van der Waals surface area contributed by atoms with Crippen LogP contribution in [0.25, 0.3) is 10.9 Å². The molecule has 0 saturated carbocycles. The molecule has 2 aromatic heterocycles. The Hall–Kier alpha value is -4.02. The number of amides is 1. The minimum atomic E-state index is -0.501. The van der Waals surface area contributed by atoms with Crippen molar-refractivity contribution in [2.45, 2.75) is 25.5 Å². The number of benzene rings is 2. The van der Waals surface area contributed by atoms with Gasteiger partial charge in [0.25, 0.3) is 0 Å². The maximum atomic E-state index is 12.0. The van der Waals surface area contributed by atoms with Gasteiger partial charge >= 0.3 is 0 Å².